The SMILES string of the molecule is COc1cc(CNCCNc2ccc([N+](=O)[O-])cc2Cl)ccc1OCc1ccc(Cl)cc1Cl. The maximum atomic E-state index is 10.8. The van der Waals surface area contributed by atoms with Gasteiger partial charge in [0.2, 0.25) is 0 Å². The van der Waals surface area contributed by atoms with Crippen molar-refractivity contribution in [2.45, 2.75) is 13.2 Å². The molecule has 0 saturated carbocycles. The van der Waals surface area contributed by atoms with E-state index in [2.05, 4.69) is 10.6 Å². The van der Waals surface area contributed by atoms with Crippen LogP contribution in [-0.2, 0) is 13.2 Å². The molecule has 0 bridgehead atoms. The highest BCUT2D eigenvalue weighted by Gasteiger charge is 2.10. The van der Waals surface area contributed by atoms with Gasteiger partial charge >= 0.3 is 0 Å². The fourth-order valence-electron chi connectivity index (χ4n) is 3.01. The standard InChI is InChI=1S/C23H22Cl3N3O4/c1-32-23-10-15(2-7-22(23)33-14-16-3-4-17(24)11-19(16)25)13-27-8-9-28-21-6-5-18(29(30)31)12-20(21)26/h2-7,10-12,27-28H,8-9,13-14H2,1H3. The third kappa shape index (κ3) is 7.14. The molecule has 0 unspecified atom stereocenters. The second kappa shape index (κ2) is 12.0. The fourth-order valence-corrected chi connectivity index (χ4v) is 3.72. The monoisotopic (exact) mass is 509 g/mol. The Morgan fingerprint density at radius 1 is 0.939 bits per heavy atom. The first kappa shape index (κ1) is 24.9. The van der Waals surface area contributed by atoms with Crippen molar-refractivity contribution in [3.8, 4) is 11.5 Å². The summed E-state index contributed by atoms with van der Waals surface area (Å²) in [5, 5.41) is 18.7. The molecule has 3 aromatic rings. The van der Waals surface area contributed by atoms with Crippen LogP contribution in [0.15, 0.2) is 54.6 Å². The van der Waals surface area contributed by atoms with Crippen molar-refractivity contribution in [3.63, 3.8) is 0 Å². The van der Waals surface area contributed by atoms with Crippen LogP contribution in [0.4, 0.5) is 11.4 Å². The Kier molecular flexibility index (Phi) is 9.03. The van der Waals surface area contributed by atoms with Crippen molar-refractivity contribution in [1.29, 1.82) is 0 Å². The number of non-ortho nitro benzene ring substituents is 1. The lowest BCUT2D eigenvalue weighted by Crippen LogP contribution is -2.21. The van der Waals surface area contributed by atoms with E-state index in [9.17, 15) is 10.1 Å². The third-order valence-electron chi connectivity index (χ3n) is 4.74. The molecule has 0 aliphatic carbocycles. The average Bonchev–Trinajstić information content (AvgIpc) is 2.79. The molecule has 3 aromatic carbocycles. The van der Waals surface area contributed by atoms with E-state index < -0.39 is 4.92 Å². The van der Waals surface area contributed by atoms with Crippen LogP contribution < -0.4 is 20.1 Å². The van der Waals surface area contributed by atoms with Gasteiger partial charge in [-0.1, -0.05) is 46.9 Å². The number of methoxy groups -OCH3 is 1. The largest absolute Gasteiger partial charge is 0.493 e. The normalized spacial score (nSPS) is 10.7. The van der Waals surface area contributed by atoms with E-state index in [1.807, 2.05) is 24.3 Å². The molecule has 2 N–H and O–H groups in total. The molecule has 0 amide bonds. The number of hydrogen-bond acceptors (Lipinski definition) is 6. The number of rotatable bonds is 11. The van der Waals surface area contributed by atoms with E-state index in [4.69, 9.17) is 44.3 Å². The molecule has 10 heteroatoms. The topological polar surface area (TPSA) is 85.7 Å². The predicted octanol–water partition coefficient (Wildman–Crippen LogP) is 6.34. The highest BCUT2D eigenvalue weighted by Crippen LogP contribution is 2.30. The van der Waals surface area contributed by atoms with Crippen molar-refractivity contribution in [2.24, 2.45) is 0 Å². The van der Waals surface area contributed by atoms with Gasteiger partial charge in [0.05, 0.1) is 22.7 Å². The minimum Gasteiger partial charge on any atom is -0.493 e. The van der Waals surface area contributed by atoms with Crippen molar-refractivity contribution >= 4 is 46.2 Å². The first-order valence-electron chi connectivity index (χ1n) is 9.99. The molecule has 3 rings (SSSR count). The number of benzene rings is 3. The van der Waals surface area contributed by atoms with Crippen LogP contribution in [0.2, 0.25) is 15.1 Å². The summed E-state index contributed by atoms with van der Waals surface area (Å²) in [5.41, 5.74) is 2.46. The Morgan fingerprint density at radius 2 is 1.76 bits per heavy atom. The molecular formula is C23H22Cl3N3O4. The number of anilines is 1. The van der Waals surface area contributed by atoms with Gasteiger partial charge in [-0.15, -0.1) is 0 Å². The van der Waals surface area contributed by atoms with Crippen LogP contribution in [0.1, 0.15) is 11.1 Å². The zero-order chi connectivity index (χ0) is 23.8. The van der Waals surface area contributed by atoms with E-state index >= 15 is 0 Å². The van der Waals surface area contributed by atoms with Gasteiger partial charge in [-0.3, -0.25) is 10.1 Å². The zero-order valence-corrected chi connectivity index (χ0v) is 20.0. The minimum atomic E-state index is -0.478. The van der Waals surface area contributed by atoms with Crippen LogP contribution in [0.5, 0.6) is 11.5 Å². The van der Waals surface area contributed by atoms with Crippen LogP contribution in [0, 0.1) is 10.1 Å². The number of ether oxygens (including phenoxy) is 2. The number of nitrogens with one attached hydrogen (secondary N) is 2. The lowest BCUT2D eigenvalue weighted by atomic mass is 10.2. The molecule has 0 atom stereocenters. The summed E-state index contributed by atoms with van der Waals surface area (Å²) < 4.78 is 11.3. The molecule has 0 aliphatic heterocycles. The van der Waals surface area contributed by atoms with E-state index in [0.717, 1.165) is 11.1 Å². The average molecular weight is 511 g/mol. The van der Waals surface area contributed by atoms with E-state index in [1.54, 1.807) is 25.3 Å². The second-order valence-electron chi connectivity index (χ2n) is 7.03. The summed E-state index contributed by atoms with van der Waals surface area (Å²) in [5.74, 6) is 1.23. The van der Waals surface area contributed by atoms with Crippen molar-refractivity contribution in [3.05, 3.63) is 90.9 Å². The highest BCUT2D eigenvalue weighted by molar-refractivity contribution is 6.35. The van der Waals surface area contributed by atoms with Gasteiger partial charge in [-0.2, -0.15) is 0 Å². The summed E-state index contributed by atoms with van der Waals surface area (Å²) >= 11 is 18.2. The Hall–Kier alpha value is -2.71. The fraction of sp³-hybridized carbons (Fsp3) is 0.217. The van der Waals surface area contributed by atoms with E-state index in [1.165, 1.54) is 12.1 Å². The van der Waals surface area contributed by atoms with Crippen molar-refractivity contribution < 1.29 is 14.4 Å². The van der Waals surface area contributed by atoms with Crippen LogP contribution in [-0.4, -0.2) is 25.1 Å². The first-order valence-corrected chi connectivity index (χ1v) is 11.1. The highest BCUT2D eigenvalue weighted by atomic mass is 35.5. The number of hydrogen-bond donors (Lipinski definition) is 2. The summed E-state index contributed by atoms with van der Waals surface area (Å²) in [4.78, 5) is 10.3. The first-order chi connectivity index (χ1) is 15.9. The Balaban J connectivity index is 1.48. The van der Waals surface area contributed by atoms with Crippen LogP contribution in [0.3, 0.4) is 0 Å². The summed E-state index contributed by atoms with van der Waals surface area (Å²) in [6, 6.07) is 15.3. The van der Waals surface area contributed by atoms with E-state index in [0.29, 0.717) is 58.5 Å². The third-order valence-corrected chi connectivity index (χ3v) is 5.64. The van der Waals surface area contributed by atoms with Gasteiger partial charge in [0.1, 0.15) is 6.61 Å². The maximum absolute atomic E-state index is 10.8. The van der Waals surface area contributed by atoms with Gasteiger partial charge < -0.3 is 20.1 Å². The number of nitro groups is 1. The molecule has 0 radical (unpaired) electrons. The van der Waals surface area contributed by atoms with Gasteiger partial charge in [-0.05, 0) is 35.9 Å². The van der Waals surface area contributed by atoms with Crippen LogP contribution in [0.25, 0.3) is 0 Å². The molecule has 174 valence electrons. The quantitative estimate of drug-likeness (QED) is 0.178. The van der Waals surface area contributed by atoms with E-state index in [-0.39, 0.29) is 5.69 Å². The number of nitro benzene ring substituents is 1. The van der Waals surface area contributed by atoms with Gasteiger partial charge in [0, 0.05) is 47.4 Å². The van der Waals surface area contributed by atoms with Crippen LogP contribution >= 0.6 is 34.8 Å². The molecule has 0 aliphatic rings. The Labute approximate surface area is 206 Å². The Bertz CT molecular complexity index is 1130. The lowest BCUT2D eigenvalue weighted by molar-refractivity contribution is -0.384. The molecule has 7 nitrogen and oxygen atoms in total. The molecule has 33 heavy (non-hydrogen) atoms. The minimum absolute atomic E-state index is 0.0405. The van der Waals surface area contributed by atoms with Gasteiger partial charge in [-0.25, -0.2) is 0 Å². The smallest absolute Gasteiger partial charge is 0.271 e. The summed E-state index contributed by atoms with van der Waals surface area (Å²) in [6.45, 7) is 2.16. The Morgan fingerprint density at radius 3 is 2.45 bits per heavy atom. The number of halogens is 3. The molecule has 0 spiro atoms. The summed E-state index contributed by atoms with van der Waals surface area (Å²) in [7, 11) is 1.59. The zero-order valence-electron chi connectivity index (χ0n) is 17.7. The van der Waals surface area contributed by atoms with Gasteiger partial charge in [0.25, 0.3) is 5.69 Å². The van der Waals surface area contributed by atoms with Crippen molar-refractivity contribution in [1.82, 2.24) is 5.32 Å². The molecular weight excluding hydrogens is 489 g/mol. The second-order valence-corrected chi connectivity index (χ2v) is 8.29. The molecule has 0 fully saturated rings. The molecule has 0 heterocycles. The maximum Gasteiger partial charge on any atom is 0.271 e. The summed E-state index contributed by atoms with van der Waals surface area (Å²) in [6.07, 6.45) is 0. The van der Waals surface area contributed by atoms with Crippen molar-refractivity contribution in [2.75, 3.05) is 25.5 Å². The number of nitrogens with zero attached hydrogens (tertiary/aromatic N) is 1. The lowest BCUT2D eigenvalue weighted by Gasteiger charge is -2.14. The molecule has 0 aromatic heterocycles. The predicted molar refractivity (Wildman–Crippen MR) is 132 cm³/mol. The van der Waals surface area contributed by atoms with Gasteiger partial charge in [0.15, 0.2) is 11.5 Å². The molecule has 0 saturated heterocycles.